The van der Waals surface area contributed by atoms with Crippen LogP contribution in [-0.2, 0) is 11.8 Å². The lowest BCUT2D eigenvalue weighted by atomic mass is 9.85. The minimum atomic E-state index is -4.44. The van der Waals surface area contributed by atoms with E-state index in [4.69, 9.17) is 4.74 Å². The molecule has 0 aliphatic heterocycles. The number of aliphatic hydroxyl groups is 1. The zero-order valence-electron chi connectivity index (χ0n) is 12.2. The van der Waals surface area contributed by atoms with Crippen molar-refractivity contribution in [3.05, 3.63) is 29.3 Å². The van der Waals surface area contributed by atoms with Gasteiger partial charge >= 0.3 is 6.18 Å². The Kier molecular flexibility index (Phi) is 4.81. The van der Waals surface area contributed by atoms with Gasteiger partial charge in [-0.15, -0.1) is 0 Å². The van der Waals surface area contributed by atoms with E-state index in [1.807, 2.05) is 0 Å². The van der Waals surface area contributed by atoms with E-state index in [2.05, 4.69) is 0 Å². The Labute approximate surface area is 122 Å². The summed E-state index contributed by atoms with van der Waals surface area (Å²) in [7, 11) is 0. The van der Waals surface area contributed by atoms with E-state index in [-0.39, 0.29) is 5.75 Å². The molecule has 5 heteroatoms. The Hall–Kier alpha value is -1.23. The Morgan fingerprint density at radius 3 is 2.24 bits per heavy atom. The second-order valence-corrected chi connectivity index (χ2v) is 5.62. The van der Waals surface area contributed by atoms with Gasteiger partial charge in [0.2, 0.25) is 0 Å². The summed E-state index contributed by atoms with van der Waals surface area (Å²) in [5.41, 5.74) is -1.62. The average Bonchev–Trinajstić information content (AvgIpc) is 2.64. The molecule has 1 aromatic rings. The minimum absolute atomic E-state index is 0.167. The fourth-order valence-electron chi connectivity index (χ4n) is 2.88. The van der Waals surface area contributed by atoms with E-state index in [1.165, 1.54) is 0 Å². The van der Waals surface area contributed by atoms with Crippen LogP contribution in [0, 0.1) is 0 Å². The highest BCUT2D eigenvalue weighted by atomic mass is 19.4. The topological polar surface area (TPSA) is 29.5 Å². The number of ether oxygens (including phenoxy) is 1. The van der Waals surface area contributed by atoms with Crippen LogP contribution in [0.3, 0.4) is 0 Å². The van der Waals surface area contributed by atoms with Crippen LogP contribution < -0.4 is 4.74 Å². The smallest absolute Gasteiger partial charge is 0.416 e. The van der Waals surface area contributed by atoms with Crippen LogP contribution in [0.5, 0.6) is 5.75 Å². The second kappa shape index (κ2) is 6.26. The van der Waals surface area contributed by atoms with Crippen LogP contribution in [0.15, 0.2) is 18.2 Å². The summed E-state index contributed by atoms with van der Waals surface area (Å²) >= 11 is 0. The molecule has 0 atom stereocenters. The first-order valence-corrected chi connectivity index (χ1v) is 7.43. The molecule has 1 fully saturated rings. The summed E-state index contributed by atoms with van der Waals surface area (Å²) in [6, 6.07) is 3.60. The molecule has 1 N–H and O–H groups in total. The molecule has 0 spiro atoms. The number of hydrogen-bond acceptors (Lipinski definition) is 2. The number of benzene rings is 1. The van der Waals surface area contributed by atoms with Crippen molar-refractivity contribution in [3.63, 3.8) is 0 Å². The van der Waals surface area contributed by atoms with E-state index in [0.717, 1.165) is 37.8 Å². The van der Waals surface area contributed by atoms with Gasteiger partial charge in [-0.05, 0) is 43.5 Å². The maximum Gasteiger partial charge on any atom is 0.416 e. The third-order valence-corrected chi connectivity index (χ3v) is 4.01. The number of rotatable bonds is 3. The van der Waals surface area contributed by atoms with Crippen molar-refractivity contribution >= 4 is 0 Å². The predicted molar refractivity (Wildman–Crippen MR) is 74.2 cm³/mol. The molecule has 0 saturated heterocycles. The molecule has 118 valence electrons. The molecule has 21 heavy (non-hydrogen) atoms. The molecule has 0 unspecified atom stereocenters. The van der Waals surface area contributed by atoms with Gasteiger partial charge in [0.05, 0.1) is 17.8 Å². The summed E-state index contributed by atoms with van der Waals surface area (Å²) in [5, 5.41) is 10.8. The summed E-state index contributed by atoms with van der Waals surface area (Å²) in [5.74, 6) is 0.167. The van der Waals surface area contributed by atoms with Crippen LogP contribution in [0.4, 0.5) is 13.2 Å². The molecule has 0 heterocycles. The molecule has 0 bridgehead atoms. The van der Waals surface area contributed by atoms with Gasteiger partial charge in [0.15, 0.2) is 0 Å². The van der Waals surface area contributed by atoms with E-state index >= 15 is 0 Å². The highest BCUT2D eigenvalue weighted by Gasteiger charge is 2.36. The van der Waals surface area contributed by atoms with E-state index in [0.29, 0.717) is 25.0 Å². The van der Waals surface area contributed by atoms with E-state index in [9.17, 15) is 18.3 Å². The van der Waals surface area contributed by atoms with E-state index < -0.39 is 17.3 Å². The second-order valence-electron chi connectivity index (χ2n) is 5.62. The first kappa shape index (κ1) is 16.1. The Balaban J connectivity index is 2.43. The summed E-state index contributed by atoms with van der Waals surface area (Å²) in [6.45, 7) is 2.01. The summed E-state index contributed by atoms with van der Waals surface area (Å²) in [6.07, 6.45) is 0.245. The molecule has 1 aliphatic rings. The van der Waals surface area contributed by atoms with Crippen LogP contribution in [0.2, 0.25) is 0 Å². The number of hydrogen-bond donors (Lipinski definition) is 1. The van der Waals surface area contributed by atoms with Gasteiger partial charge in [-0.2, -0.15) is 13.2 Å². The van der Waals surface area contributed by atoms with Crippen LogP contribution in [0.25, 0.3) is 0 Å². The SMILES string of the molecule is CCOc1cc(C(F)(F)F)cc(C2(O)CCCCCC2)c1. The van der Waals surface area contributed by atoms with Crippen molar-refractivity contribution in [2.45, 2.75) is 57.2 Å². The molecule has 1 saturated carbocycles. The average molecular weight is 302 g/mol. The van der Waals surface area contributed by atoms with E-state index in [1.54, 1.807) is 13.0 Å². The zero-order chi connectivity index (χ0) is 15.5. The number of halogens is 3. The van der Waals surface area contributed by atoms with Crippen molar-refractivity contribution in [2.24, 2.45) is 0 Å². The lowest BCUT2D eigenvalue weighted by Gasteiger charge is -2.28. The maximum atomic E-state index is 13.0. The van der Waals surface area contributed by atoms with Crippen molar-refractivity contribution in [3.8, 4) is 5.75 Å². The molecule has 0 amide bonds. The maximum absolute atomic E-state index is 13.0. The molecule has 1 aliphatic carbocycles. The van der Waals surface area contributed by atoms with Crippen molar-refractivity contribution in [2.75, 3.05) is 6.61 Å². The van der Waals surface area contributed by atoms with Crippen LogP contribution >= 0.6 is 0 Å². The molecule has 2 nitrogen and oxygen atoms in total. The fourth-order valence-corrected chi connectivity index (χ4v) is 2.88. The standard InChI is InChI=1S/C16H21F3O2/c1-2-21-14-10-12(9-13(11-14)16(17,18)19)15(20)7-5-3-4-6-8-15/h9-11,20H,2-8H2,1H3. The Morgan fingerprint density at radius 2 is 1.71 bits per heavy atom. The Bertz CT molecular complexity index is 475. The number of alkyl halides is 3. The minimum Gasteiger partial charge on any atom is -0.494 e. The van der Waals surface area contributed by atoms with Crippen LogP contribution in [-0.4, -0.2) is 11.7 Å². The van der Waals surface area contributed by atoms with Gasteiger partial charge in [0.1, 0.15) is 5.75 Å². The molecule has 0 radical (unpaired) electrons. The monoisotopic (exact) mass is 302 g/mol. The van der Waals surface area contributed by atoms with Crippen LogP contribution in [0.1, 0.15) is 56.6 Å². The first-order valence-electron chi connectivity index (χ1n) is 7.43. The highest BCUT2D eigenvalue weighted by Crippen LogP contribution is 2.40. The zero-order valence-corrected chi connectivity index (χ0v) is 12.2. The third-order valence-electron chi connectivity index (χ3n) is 4.01. The van der Waals surface area contributed by atoms with Crippen molar-refractivity contribution in [1.29, 1.82) is 0 Å². The van der Waals surface area contributed by atoms with Gasteiger partial charge in [-0.25, -0.2) is 0 Å². The Morgan fingerprint density at radius 1 is 1.10 bits per heavy atom. The van der Waals surface area contributed by atoms with Gasteiger partial charge in [0.25, 0.3) is 0 Å². The van der Waals surface area contributed by atoms with Gasteiger partial charge in [0, 0.05) is 0 Å². The quantitative estimate of drug-likeness (QED) is 0.824. The van der Waals surface area contributed by atoms with Gasteiger partial charge in [-0.3, -0.25) is 0 Å². The molecule has 2 rings (SSSR count). The lowest BCUT2D eigenvalue weighted by molar-refractivity contribution is -0.137. The molecular weight excluding hydrogens is 281 g/mol. The summed E-state index contributed by atoms with van der Waals surface area (Å²) in [4.78, 5) is 0. The largest absolute Gasteiger partial charge is 0.494 e. The predicted octanol–water partition coefficient (Wildman–Crippen LogP) is 4.65. The highest BCUT2D eigenvalue weighted by molar-refractivity contribution is 5.39. The van der Waals surface area contributed by atoms with Crippen molar-refractivity contribution in [1.82, 2.24) is 0 Å². The summed E-state index contributed by atoms with van der Waals surface area (Å²) < 4.78 is 44.3. The molecular formula is C16H21F3O2. The molecule has 0 aromatic heterocycles. The third kappa shape index (κ3) is 3.90. The fraction of sp³-hybridized carbons (Fsp3) is 0.625. The van der Waals surface area contributed by atoms with Gasteiger partial charge < -0.3 is 9.84 Å². The van der Waals surface area contributed by atoms with Gasteiger partial charge in [-0.1, -0.05) is 25.7 Å². The lowest BCUT2D eigenvalue weighted by Crippen LogP contribution is -2.25. The first-order chi connectivity index (χ1) is 9.85. The normalized spacial score (nSPS) is 19.1. The van der Waals surface area contributed by atoms with Crippen molar-refractivity contribution < 1.29 is 23.0 Å². The molecule has 1 aromatic carbocycles.